The van der Waals surface area contributed by atoms with E-state index in [1.165, 1.54) is 51.7 Å². The summed E-state index contributed by atoms with van der Waals surface area (Å²) in [5, 5.41) is 0. The van der Waals surface area contributed by atoms with Crippen molar-refractivity contribution in [2.75, 3.05) is 7.05 Å². The molecule has 2 nitrogen and oxygen atoms in total. The Hall–Kier alpha value is -0.620. The summed E-state index contributed by atoms with van der Waals surface area (Å²) in [6, 6.07) is 0. The molecule has 0 spiro atoms. The van der Waals surface area contributed by atoms with Crippen LogP contribution in [0.15, 0.2) is 4.99 Å². The highest BCUT2D eigenvalue weighted by atomic mass is 16.1. The van der Waals surface area contributed by atoms with E-state index in [2.05, 4.69) is 4.99 Å². The highest BCUT2D eigenvalue weighted by Gasteiger charge is 1.95. The minimum atomic E-state index is 1.31. The summed E-state index contributed by atoms with van der Waals surface area (Å²) in [5.41, 5.74) is 0. The van der Waals surface area contributed by atoms with Gasteiger partial charge < -0.3 is 0 Å². The van der Waals surface area contributed by atoms with E-state index in [1.807, 2.05) is 0 Å². The van der Waals surface area contributed by atoms with Gasteiger partial charge in [-0.15, -0.1) is 0 Å². The first kappa shape index (κ1) is 9.38. The third kappa shape index (κ3) is 7.38. The van der Waals surface area contributed by atoms with Crippen molar-refractivity contribution >= 4 is 6.08 Å². The number of carbonyl (C=O) groups excluding carboxylic acids is 1. The van der Waals surface area contributed by atoms with Crippen molar-refractivity contribution < 1.29 is 4.79 Å². The first-order chi connectivity index (χ1) is 4.91. The Labute approximate surface area is 62.4 Å². The number of aliphatic imine (C=N–C) groups is 1. The highest BCUT2D eigenvalue weighted by Crippen LogP contribution is 2.15. The van der Waals surface area contributed by atoms with Crippen LogP contribution in [0, 0.1) is 0 Å². The van der Waals surface area contributed by atoms with Crippen LogP contribution in [0.4, 0.5) is 0 Å². The molecule has 0 N–H and O–H groups in total. The molecule has 2 heteroatoms. The lowest BCUT2D eigenvalue weighted by atomic mass is 10.0. The molecule has 1 rings (SSSR count). The highest BCUT2D eigenvalue weighted by molar-refractivity contribution is 5.32. The van der Waals surface area contributed by atoms with Crippen molar-refractivity contribution in [1.29, 1.82) is 0 Å². The number of nitrogens with zero attached hydrogens (tertiary/aromatic N) is 1. The monoisotopic (exact) mass is 141 g/mol. The molecule has 0 aromatic rings. The maximum Gasteiger partial charge on any atom is 0.234 e. The van der Waals surface area contributed by atoms with Crippen LogP contribution in [-0.2, 0) is 4.79 Å². The van der Waals surface area contributed by atoms with Crippen molar-refractivity contribution in [2.45, 2.75) is 38.5 Å². The standard InChI is InChI=1S/C6H12.C2H3NO/c1-2-4-6-5-3-1;1-3-2-4/h1-6H2;1H3. The van der Waals surface area contributed by atoms with E-state index in [1.54, 1.807) is 0 Å². The lowest BCUT2D eigenvalue weighted by Crippen LogP contribution is -1.85. The van der Waals surface area contributed by atoms with Crippen LogP contribution < -0.4 is 0 Å². The molecule has 58 valence electrons. The molecule has 0 amide bonds. The molecule has 1 saturated carbocycles. The summed E-state index contributed by atoms with van der Waals surface area (Å²) in [5.74, 6) is 0. The maximum absolute atomic E-state index is 8.88. The fourth-order valence-electron chi connectivity index (χ4n) is 1.06. The van der Waals surface area contributed by atoms with Crippen LogP contribution in [0.5, 0.6) is 0 Å². The van der Waals surface area contributed by atoms with Crippen molar-refractivity contribution in [3.8, 4) is 0 Å². The molecule has 0 aromatic carbocycles. The summed E-state index contributed by atoms with van der Waals surface area (Å²) >= 11 is 0. The van der Waals surface area contributed by atoms with E-state index >= 15 is 0 Å². The maximum atomic E-state index is 8.88. The fourth-order valence-corrected chi connectivity index (χ4v) is 1.06. The Morgan fingerprint density at radius 1 is 1.00 bits per heavy atom. The zero-order valence-electron chi connectivity index (χ0n) is 6.60. The Kier molecular flexibility index (Phi) is 7.86. The quantitative estimate of drug-likeness (QED) is 0.376. The summed E-state index contributed by atoms with van der Waals surface area (Å²) in [4.78, 5) is 11.8. The number of isocyanates is 1. The molecular weight excluding hydrogens is 126 g/mol. The topological polar surface area (TPSA) is 29.4 Å². The average molecular weight is 141 g/mol. The van der Waals surface area contributed by atoms with Crippen LogP contribution in [0.3, 0.4) is 0 Å². The molecular formula is C8H15NO. The summed E-state index contributed by atoms with van der Waals surface area (Å²) in [6.45, 7) is 0. The normalized spacial score (nSPS) is 16.1. The van der Waals surface area contributed by atoms with Gasteiger partial charge in [0, 0.05) is 7.05 Å². The Bertz CT molecular complexity index is 90.3. The van der Waals surface area contributed by atoms with Crippen molar-refractivity contribution in [3.63, 3.8) is 0 Å². The van der Waals surface area contributed by atoms with Gasteiger partial charge in [0.1, 0.15) is 0 Å². The molecule has 1 aliphatic carbocycles. The number of rotatable bonds is 0. The van der Waals surface area contributed by atoms with Crippen LogP contribution in [-0.4, -0.2) is 13.1 Å². The Balaban J connectivity index is 0.000000180. The number of hydrogen-bond acceptors (Lipinski definition) is 2. The lowest BCUT2D eigenvalue weighted by molar-refractivity contribution is 0.504. The minimum Gasteiger partial charge on any atom is -0.211 e. The van der Waals surface area contributed by atoms with Crippen LogP contribution in [0.25, 0.3) is 0 Å². The van der Waals surface area contributed by atoms with E-state index in [4.69, 9.17) is 4.79 Å². The molecule has 0 aromatic heterocycles. The van der Waals surface area contributed by atoms with Gasteiger partial charge in [-0.1, -0.05) is 38.5 Å². The predicted octanol–water partition coefficient (Wildman–Crippen LogP) is 2.29. The Morgan fingerprint density at radius 3 is 1.30 bits per heavy atom. The summed E-state index contributed by atoms with van der Waals surface area (Å²) in [6.07, 6.45) is 10.3. The van der Waals surface area contributed by atoms with Gasteiger partial charge in [-0.3, -0.25) is 0 Å². The molecule has 0 atom stereocenters. The molecule has 0 bridgehead atoms. The SMILES string of the molecule is C1CCCCC1.CN=C=O. The van der Waals surface area contributed by atoms with Gasteiger partial charge in [0.2, 0.25) is 6.08 Å². The van der Waals surface area contributed by atoms with E-state index in [-0.39, 0.29) is 0 Å². The predicted molar refractivity (Wildman–Crippen MR) is 41.7 cm³/mol. The zero-order chi connectivity index (χ0) is 7.66. The van der Waals surface area contributed by atoms with Crippen LogP contribution in [0.1, 0.15) is 38.5 Å². The van der Waals surface area contributed by atoms with Gasteiger partial charge in [0.15, 0.2) is 0 Å². The molecule has 1 fully saturated rings. The second-order valence-corrected chi connectivity index (χ2v) is 2.44. The fraction of sp³-hybridized carbons (Fsp3) is 0.875. The van der Waals surface area contributed by atoms with Gasteiger partial charge in [-0.25, -0.2) is 9.79 Å². The second-order valence-electron chi connectivity index (χ2n) is 2.44. The lowest BCUT2D eigenvalue weighted by Gasteiger charge is -2.05. The molecule has 1 aliphatic rings. The van der Waals surface area contributed by atoms with E-state index in [9.17, 15) is 0 Å². The first-order valence-corrected chi connectivity index (χ1v) is 3.87. The van der Waals surface area contributed by atoms with Gasteiger partial charge in [-0.2, -0.15) is 0 Å². The molecule has 0 radical (unpaired) electrons. The second kappa shape index (κ2) is 8.38. The average Bonchev–Trinajstić information content (AvgIpc) is 2.08. The smallest absolute Gasteiger partial charge is 0.211 e. The Morgan fingerprint density at radius 2 is 1.20 bits per heavy atom. The molecule has 0 saturated heterocycles. The van der Waals surface area contributed by atoms with Crippen molar-refractivity contribution in [1.82, 2.24) is 0 Å². The van der Waals surface area contributed by atoms with Crippen LogP contribution in [0.2, 0.25) is 0 Å². The van der Waals surface area contributed by atoms with Crippen LogP contribution >= 0.6 is 0 Å². The summed E-state index contributed by atoms with van der Waals surface area (Å²) < 4.78 is 0. The molecule has 0 heterocycles. The molecule has 0 unspecified atom stereocenters. The van der Waals surface area contributed by atoms with E-state index in [0.717, 1.165) is 0 Å². The van der Waals surface area contributed by atoms with Gasteiger partial charge in [0.25, 0.3) is 0 Å². The zero-order valence-corrected chi connectivity index (χ0v) is 6.60. The van der Waals surface area contributed by atoms with Gasteiger partial charge in [0.05, 0.1) is 0 Å². The minimum absolute atomic E-state index is 1.31. The van der Waals surface area contributed by atoms with Gasteiger partial charge in [-0.05, 0) is 0 Å². The largest absolute Gasteiger partial charge is 0.234 e. The first-order valence-electron chi connectivity index (χ1n) is 3.87. The third-order valence-corrected chi connectivity index (χ3v) is 1.59. The molecule has 0 aliphatic heterocycles. The van der Waals surface area contributed by atoms with E-state index < -0.39 is 0 Å². The number of hydrogen-bond donors (Lipinski definition) is 0. The summed E-state index contributed by atoms with van der Waals surface area (Å²) in [7, 11) is 1.38. The third-order valence-electron chi connectivity index (χ3n) is 1.59. The van der Waals surface area contributed by atoms with E-state index in [0.29, 0.717) is 0 Å². The van der Waals surface area contributed by atoms with Crippen molar-refractivity contribution in [2.24, 2.45) is 4.99 Å². The van der Waals surface area contributed by atoms with Crippen molar-refractivity contribution in [3.05, 3.63) is 0 Å². The van der Waals surface area contributed by atoms with Gasteiger partial charge >= 0.3 is 0 Å². The molecule has 10 heavy (non-hydrogen) atoms.